The van der Waals surface area contributed by atoms with Crippen LogP contribution in [0.15, 0.2) is 0 Å². The molecule has 0 radical (unpaired) electrons. The first-order valence-electron chi connectivity index (χ1n) is 9.87. The van der Waals surface area contributed by atoms with E-state index in [9.17, 15) is 4.79 Å². The van der Waals surface area contributed by atoms with Crippen molar-refractivity contribution in [3.8, 4) is 0 Å². The number of aromatic nitrogens is 2. The molecule has 1 saturated heterocycles. The van der Waals surface area contributed by atoms with Crippen LogP contribution in [0.2, 0.25) is 0 Å². The highest BCUT2D eigenvalue weighted by atomic mass is 16.2. The summed E-state index contributed by atoms with van der Waals surface area (Å²) in [5.41, 5.74) is 2.94. The monoisotopic (exact) mass is 328 g/mol. The van der Waals surface area contributed by atoms with Gasteiger partial charge in [-0.15, -0.1) is 0 Å². The van der Waals surface area contributed by atoms with E-state index in [-0.39, 0.29) is 5.91 Å². The van der Waals surface area contributed by atoms with E-state index in [0.29, 0.717) is 11.7 Å². The molecule has 2 saturated carbocycles. The van der Waals surface area contributed by atoms with E-state index in [1.54, 1.807) is 0 Å². The van der Waals surface area contributed by atoms with Crippen LogP contribution in [-0.2, 0) is 13.0 Å². The minimum atomic E-state index is 0.168. The molecule has 5 nitrogen and oxygen atoms in total. The third kappa shape index (κ3) is 2.40. The molecule has 4 aliphatic rings. The average Bonchev–Trinajstić information content (AvgIpc) is 3.38. The lowest BCUT2D eigenvalue weighted by molar-refractivity contribution is 0.0700. The van der Waals surface area contributed by atoms with Gasteiger partial charge in [0.05, 0.1) is 0 Å². The van der Waals surface area contributed by atoms with Crippen molar-refractivity contribution < 1.29 is 4.79 Å². The van der Waals surface area contributed by atoms with Gasteiger partial charge in [0.15, 0.2) is 5.69 Å². The lowest BCUT2D eigenvalue weighted by atomic mass is 9.83. The molecule has 2 aliphatic carbocycles. The number of carbonyl (C=O) groups excluding carboxylic acids is 1. The van der Waals surface area contributed by atoms with Gasteiger partial charge >= 0.3 is 0 Å². The van der Waals surface area contributed by atoms with Gasteiger partial charge in [-0.1, -0.05) is 6.42 Å². The fourth-order valence-electron chi connectivity index (χ4n) is 5.90. The molecule has 4 atom stereocenters. The summed E-state index contributed by atoms with van der Waals surface area (Å²) in [5, 5.41) is 10.9. The molecule has 3 fully saturated rings. The van der Waals surface area contributed by atoms with Crippen molar-refractivity contribution in [2.24, 2.45) is 17.8 Å². The summed E-state index contributed by atoms with van der Waals surface area (Å²) >= 11 is 0. The second kappa shape index (κ2) is 5.87. The van der Waals surface area contributed by atoms with Gasteiger partial charge in [-0.05, 0) is 56.3 Å². The molecule has 1 amide bonds. The molecule has 130 valence electrons. The Morgan fingerprint density at radius 1 is 1.25 bits per heavy atom. The first kappa shape index (κ1) is 14.9. The largest absolute Gasteiger partial charge is 0.334 e. The number of rotatable bonds is 3. The van der Waals surface area contributed by atoms with Crippen molar-refractivity contribution in [3.63, 3.8) is 0 Å². The molecular formula is C19H28N4O. The zero-order valence-electron chi connectivity index (χ0n) is 14.4. The maximum atomic E-state index is 13.1. The standard InChI is InChI=1S/C19H28N4O/c24-19(18-16-11-20-6-5-17(16)21-22-18)23-7-1-2-15(23)10-14-9-12-3-4-13(14)8-12/h12-15,20H,1-11H2,(H,21,22). The molecule has 2 aliphatic heterocycles. The first-order chi connectivity index (χ1) is 11.8. The molecule has 2 N–H and O–H groups in total. The fourth-order valence-corrected chi connectivity index (χ4v) is 5.90. The summed E-state index contributed by atoms with van der Waals surface area (Å²) in [4.78, 5) is 15.3. The van der Waals surface area contributed by atoms with Gasteiger partial charge in [0.2, 0.25) is 0 Å². The zero-order chi connectivity index (χ0) is 16.1. The summed E-state index contributed by atoms with van der Waals surface area (Å²) in [6.45, 7) is 2.66. The van der Waals surface area contributed by atoms with Crippen molar-refractivity contribution in [2.75, 3.05) is 13.1 Å². The first-order valence-corrected chi connectivity index (χ1v) is 9.87. The predicted molar refractivity (Wildman–Crippen MR) is 91.6 cm³/mol. The lowest BCUT2D eigenvalue weighted by Crippen LogP contribution is -2.38. The van der Waals surface area contributed by atoms with Gasteiger partial charge < -0.3 is 10.2 Å². The number of H-pyrrole nitrogens is 1. The molecule has 5 heteroatoms. The van der Waals surface area contributed by atoms with Crippen molar-refractivity contribution in [3.05, 3.63) is 17.0 Å². The molecule has 3 heterocycles. The Hall–Kier alpha value is -1.36. The van der Waals surface area contributed by atoms with Gasteiger partial charge in [-0.2, -0.15) is 5.10 Å². The van der Waals surface area contributed by atoms with Crippen LogP contribution in [0.25, 0.3) is 0 Å². The van der Waals surface area contributed by atoms with Crippen LogP contribution in [-0.4, -0.2) is 40.1 Å². The highest BCUT2D eigenvalue weighted by Crippen LogP contribution is 2.50. The number of amides is 1. The Labute approximate surface area is 143 Å². The van der Waals surface area contributed by atoms with E-state index in [0.717, 1.165) is 61.5 Å². The van der Waals surface area contributed by atoms with Crippen molar-refractivity contribution in [1.82, 2.24) is 20.4 Å². The van der Waals surface area contributed by atoms with Crippen molar-refractivity contribution in [1.29, 1.82) is 0 Å². The number of likely N-dealkylation sites (tertiary alicyclic amines) is 1. The average molecular weight is 328 g/mol. The summed E-state index contributed by atoms with van der Waals surface area (Å²) in [6, 6.07) is 0.450. The molecule has 0 spiro atoms. The Balaban J connectivity index is 1.32. The van der Waals surface area contributed by atoms with Gasteiger partial charge in [0.25, 0.3) is 5.91 Å². The van der Waals surface area contributed by atoms with E-state index < -0.39 is 0 Å². The highest BCUT2D eigenvalue weighted by Gasteiger charge is 2.42. The number of aromatic amines is 1. The van der Waals surface area contributed by atoms with Gasteiger partial charge in [-0.3, -0.25) is 9.89 Å². The Morgan fingerprint density at radius 3 is 3.04 bits per heavy atom. The van der Waals surface area contributed by atoms with Crippen LogP contribution in [0.5, 0.6) is 0 Å². The van der Waals surface area contributed by atoms with Gasteiger partial charge in [0.1, 0.15) is 0 Å². The second-order valence-corrected chi connectivity index (χ2v) is 8.42. The molecule has 4 unspecified atom stereocenters. The topological polar surface area (TPSA) is 61.0 Å². The van der Waals surface area contributed by atoms with Crippen LogP contribution in [0, 0.1) is 17.8 Å². The molecule has 1 aromatic heterocycles. The lowest BCUT2D eigenvalue weighted by Gasteiger charge is -2.30. The van der Waals surface area contributed by atoms with Crippen LogP contribution in [0.3, 0.4) is 0 Å². The smallest absolute Gasteiger partial charge is 0.274 e. The number of nitrogens with one attached hydrogen (secondary N) is 2. The van der Waals surface area contributed by atoms with E-state index in [4.69, 9.17) is 0 Å². The third-order valence-corrected chi connectivity index (χ3v) is 7.11. The normalized spacial score (nSPS) is 34.8. The van der Waals surface area contributed by atoms with Gasteiger partial charge in [0, 0.05) is 43.4 Å². The quantitative estimate of drug-likeness (QED) is 0.896. The number of hydrogen-bond donors (Lipinski definition) is 2. The van der Waals surface area contributed by atoms with E-state index in [1.807, 2.05) is 0 Å². The minimum Gasteiger partial charge on any atom is -0.334 e. The molecule has 5 rings (SSSR count). The zero-order valence-corrected chi connectivity index (χ0v) is 14.4. The second-order valence-electron chi connectivity index (χ2n) is 8.42. The highest BCUT2D eigenvalue weighted by molar-refractivity contribution is 5.94. The number of hydrogen-bond acceptors (Lipinski definition) is 3. The van der Waals surface area contributed by atoms with E-state index in [1.165, 1.54) is 38.5 Å². The van der Waals surface area contributed by atoms with Crippen molar-refractivity contribution in [2.45, 2.75) is 64.0 Å². The Morgan fingerprint density at radius 2 is 2.21 bits per heavy atom. The van der Waals surface area contributed by atoms with E-state index >= 15 is 0 Å². The van der Waals surface area contributed by atoms with Crippen LogP contribution < -0.4 is 5.32 Å². The van der Waals surface area contributed by atoms with Gasteiger partial charge in [-0.25, -0.2) is 0 Å². The van der Waals surface area contributed by atoms with Crippen molar-refractivity contribution >= 4 is 5.91 Å². The molecule has 2 bridgehead atoms. The summed E-state index contributed by atoms with van der Waals surface area (Å²) in [7, 11) is 0. The fraction of sp³-hybridized carbons (Fsp3) is 0.789. The summed E-state index contributed by atoms with van der Waals surface area (Å²) in [5.74, 6) is 2.99. The predicted octanol–water partition coefficient (Wildman–Crippen LogP) is 2.49. The molecule has 0 aromatic carbocycles. The van der Waals surface area contributed by atoms with E-state index in [2.05, 4.69) is 20.4 Å². The third-order valence-electron chi connectivity index (χ3n) is 7.11. The molecular weight excluding hydrogens is 300 g/mol. The number of fused-ring (bicyclic) bond motifs is 3. The SMILES string of the molecule is O=C(c1n[nH]c2c1CNCC2)N1CCCC1CC1CC2CCC1C2. The van der Waals surface area contributed by atoms with Crippen LogP contribution >= 0.6 is 0 Å². The maximum Gasteiger partial charge on any atom is 0.274 e. The summed E-state index contributed by atoms with van der Waals surface area (Å²) < 4.78 is 0. The molecule has 24 heavy (non-hydrogen) atoms. The maximum absolute atomic E-state index is 13.1. The summed E-state index contributed by atoms with van der Waals surface area (Å²) in [6.07, 6.45) is 10.3. The number of nitrogens with zero attached hydrogens (tertiary/aromatic N) is 2. The van der Waals surface area contributed by atoms with Crippen LogP contribution in [0.4, 0.5) is 0 Å². The Bertz CT molecular complexity index is 639. The Kier molecular flexibility index (Phi) is 3.65. The van der Waals surface area contributed by atoms with Crippen LogP contribution in [0.1, 0.15) is 66.7 Å². The number of carbonyl (C=O) groups is 1. The minimum absolute atomic E-state index is 0.168. The molecule has 1 aromatic rings.